The van der Waals surface area contributed by atoms with Crippen LogP contribution in [0.25, 0.3) is 0 Å². The highest BCUT2D eigenvalue weighted by molar-refractivity contribution is 6.29. The lowest BCUT2D eigenvalue weighted by atomic mass is 9.91. The van der Waals surface area contributed by atoms with E-state index in [0.29, 0.717) is 23.2 Å². The molecule has 3 atom stereocenters. The molecule has 1 saturated carbocycles. The summed E-state index contributed by atoms with van der Waals surface area (Å²) in [5, 5.41) is 0.897. The third kappa shape index (κ3) is 4.97. The predicted octanol–water partition coefficient (Wildman–Crippen LogP) is 7.94. The van der Waals surface area contributed by atoms with E-state index in [2.05, 4.69) is 88.0 Å². The summed E-state index contributed by atoms with van der Waals surface area (Å²) in [7, 11) is 0. The summed E-state index contributed by atoms with van der Waals surface area (Å²) in [6, 6.07) is 19.9. The van der Waals surface area contributed by atoms with Crippen LogP contribution in [0.1, 0.15) is 56.7 Å². The molecule has 2 aromatic rings. The second-order valence-corrected chi connectivity index (χ2v) is 9.67. The fourth-order valence-electron chi connectivity index (χ4n) is 4.62. The third-order valence-electron chi connectivity index (χ3n) is 6.40. The summed E-state index contributed by atoms with van der Waals surface area (Å²) < 4.78 is 0. The van der Waals surface area contributed by atoms with Crippen molar-refractivity contribution >= 4 is 11.6 Å². The van der Waals surface area contributed by atoms with Crippen LogP contribution in [0.3, 0.4) is 0 Å². The highest BCUT2D eigenvalue weighted by Gasteiger charge is 2.56. The monoisotopic (exact) mass is 392 g/mol. The first-order valence-corrected chi connectivity index (χ1v) is 10.8. The van der Waals surface area contributed by atoms with Gasteiger partial charge in [-0.1, -0.05) is 105 Å². The second kappa shape index (κ2) is 8.70. The SMILES string of the molecule is C=C(CCc1cccc(C(C)Cc2ccccc2)c1)C1C(/C=C(\C)Cl)C1(C)C. The molecule has 0 aromatic heterocycles. The van der Waals surface area contributed by atoms with E-state index < -0.39 is 0 Å². The number of allylic oxidation sites excluding steroid dienone is 3. The molecule has 1 aliphatic rings. The molecule has 0 heterocycles. The average molecular weight is 393 g/mol. The van der Waals surface area contributed by atoms with Crippen LogP contribution in [-0.4, -0.2) is 0 Å². The molecule has 0 radical (unpaired) electrons. The number of benzene rings is 2. The van der Waals surface area contributed by atoms with E-state index in [1.165, 1.54) is 22.3 Å². The standard InChI is InChI=1S/C27H33Cl/c1-19(26-25(17-21(3)28)27(26,4)5)14-15-23-12-9-13-24(18-23)20(2)16-22-10-7-6-8-11-22/h6-13,17-18,20,25-26H,1,14-16H2,2-5H3/b21-17+. The van der Waals surface area contributed by atoms with Crippen molar-refractivity contribution in [3.63, 3.8) is 0 Å². The maximum Gasteiger partial charge on any atom is 0.0113 e. The van der Waals surface area contributed by atoms with E-state index in [0.717, 1.165) is 24.3 Å². The number of hydrogen-bond donors (Lipinski definition) is 0. The number of rotatable bonds is 8. The van der Waals surface area contributed by atoms with Gasteiger partial charge in [0.05, 0.1) is 0 Å². The molecule has 1 fully saturated rings. The Morgan fingerprint density at radius 3 is 2.46 bits per heavy atom. The minimum absolute atomic E-state index is 0.291. The van der Waals surface area contributed by atoms with Crippen molar-refractivity contribution in [2.24, 2.45) is 17.3 Å². The minimum atomic E-state index is 0.291. The summed E-state index contributed by atoms with van der Waals surface area (Å²) in [4.78, 5) is 0. The summed E-state index contributed by atoms with van der Waals surface area (Å²) >= 11 is 6.12. The van der Waals surface area contributed by atoms with E-state index in [4.69, 9.17) is 11.6 Å². The van der Waals surface area contributed by atoms with Crippen LogP contribution in [-0.2, 0) is 12.8 Å². The van der Waals surface area contributed by atoms with Crippen molar-refractivity contribution in [3.8, 4) is 0 Å². The molecule has 1 heteroatoms. The normalized spacial score (nSPS) is 22.0. The first-order chi connectivity index (χ1) is 13.3. The van der Waals surface area contributed by atoms with Gasteiger partial charge < -0.3 is 0 Å². The highest BCUT2D eigenvalue weighted by Crippen LogP contribution is 2.63. The molecule has 148 valence electrons. The quantitative estimate of drug-likeness (QED) is 0.400. The molecule has 28 heavy (non-hydrogen) atoms. The van der Waals surface area contributed by atoms with Crippen molar-refractivity contribution in [2.45, 2.75) is 52.9 Å². The van der Waals surface area contributed by atoms with Gasteiger partial charge >= 0.3 is 0 Å². The minimum Gasteiger partial charge on any atom is -0.0995 e. The maximum atomic E-state index is 6.12. The fraction of sp³-hybridized carbons (Fsp3) is 0.407. The maximum absolute atomic E-state index is 6.12. The molecule has 3 rings (SSSR count). The Morgan fingerprint density at radius 2 is 1.79 bits per heavy atom. The van der Waals surface area contributed by atoms with Crippen LogP contribution in [0.15, 0.2) is 77.9 Å². The van der Waals surface area contributed by atoms with Crippen molar-refractivity contribution in [1.29, 1.82) is 0 Å². The Hall–Kier alpha value is -1.79. The molecule has 0 amide bonds. The number of aryl methyl sites for hydroxylation is 1. The molecule has 1 aliphatic carbocycles. The Labute approximate surface area is 176 Å². The van der Waals surface area contributed by atoms with Crippen LogP contribution >= 0.6 is 11.6 Å². The molecule has 0 nitrogen and oxygen atoms in total. The first-order valence-electron chi connectivity index (χ1n) is 10.4. The second-order valence-electron chi connectivity index (χ2n) is 9.07. The highest BCUT2D eigenvalue weighted by atomic mass is 35.5. The van der Waals surface area contributed by atoms with Gasteiger partial charge in [0.1, 0.15) is 0 Å². The fourth-order valence-corrected chi connectivity index (χ4v) is 4.75. The van der Waals surface area contributed by atoms with Gasteiger partial charge in [-0.2, -0.15) is 0 Å². The van der Waals surface area contributed by atoms with E-state index in [1.54, 1.807) is 0 Å². The van der Waals surface area contributed by atoms with Gasteiger partial charge in [0.2, 0.25) is 0 Å². The Kier molecular flexibility index (Phi) is 6.50. The first kappa shape index (κ1) is 20.9. The zero-order chi connectivity index (χ0) is 20.3. The third-order valence-corrected chi connectivity index (χ3v) is 6.53. The van der Waals surface area contributed by atoms with Gasteiger partial charge in [0.25, 0.3) is 0 Å². The van der Waals surface area contributed by atoms with Gasteiger partial charge in [-0.25, -0.2) is 0 Å². The van der Waals surface area contributed by atoms with Crippen LogP contribution in [0.4, 0.5) is 0 Å². The molecule has 0 saturated heterocycles. The average Bonchev–Trinajstić information content (AvgIpc) is 3.20. The van der Waals surface area contributed by atoms with E-state index in [-0.39, 0.29) is 0 Å². The van der Waals surface area contributed by atoms with Crippen molar-refractivity contribution in [1.82, 2.24) is 0 Å². The molecule has 0 aliphatic heterocycles. The lowest BCUT2D eigenvalue weighted by Crippen LogP contribution is -2.00. The van der Waals surface area contributed by atoms with E-state index >= 15 is 0 Å². The van der Waals surface area contributed by atoms with Gasteiger partial charge in [-0.15, -0.1) is 0 Å². The van der Waals surface area contributed by atoms with Gasteiger partial charge in [0.15, 0.2) is 0 Å². The van der Waals surface area contributed by atoms with Crippen molar-refractivity contribution < 1.29 is 0 Å². The smallest absolute Gasteiger partial charge is 0.0113 e. The van der Waals surface area contributed by atoms with Crippen molar-refractivity contribution in [2.75, 3.05) is 0 Å². The summed E-state index contributed by atoms with van der Waals surface area (Å²) in [6.07, 6.45) is 5.41. The predicted molar refractivity (Wildman–Crippen MR) is 123 cm³/mol. The van der Waals surface area contributed by atoms with E-state index in [9.17, 15) is 0 Å². The molecule has 0 spiro atoms. The lowest BCUT2D eigenvalue weighted by Gasteiger charge is -2.14. The molecule has 2 aromatic carbocycles. The molecule has 0 N–H and O–H groups in total. The molecular formula is C27H33Cl. The summed E-state index contributed by atoms with van der Waals surface area (Å²) in [6.45, 7) is 13.4. The summed E-state index contributed by atoms with van der Waals surface area (Å²) in [5.74, 6) is 1.62. The zero-order valence-corrected chi connectivity index (χ0v) is 18.5. The Balaban J connectivity index is 1.59. The molecular weight excluding hydrogens is 360 g/mol. The Bertz CT molecular complexity index is 840. The molecule has 0 bridgehead atoms. The molecule has 3 unspecified atom stereocenters. The lowest BCUT2D eigenvalue weighted by molar-refractivity contribution is 0.571. The van der Waals surface area contributed by atoms with E-state index in [1.807, 2.05) is 6.92 Å². The topological polar surface area (TPSA) is 0 Å². The van der Waals surface area contributed by atoms with Gasteiger partial charge in [0, 0.05) is 5.03 Å². The van der Waals surface area contributed by atoms with Crippen LogP contribution < -0.4 is 0 Å². The van der Waals surface area contributed by atoms with Crippen molar-refractivity contribution in [3.05, 3.63) is 94.5 Å². The van der Waals surface area contributed by atoms with Crippen LogP contribution in [0.2, 0.25) is 0 Å². The number of hydrogen-bond acceptors (Lipinski definition) is 0. The van der Waals surface area contributed by atoms with Crippen LogP contribution in [0.5, 0.6) is 0 Å². The Morgan fingerprint density at radius 1 is 1.11 bits per heavy atom. The van der Waals surface area contributed by atoms with Crippen LogP contribution in [0, 0.1) is 17.3 Å². The largest absolute Gasteiger partial charge is 0.0995 e. The van der Waals surface area contributed by atoms with Gasteiger partial charge in [-0.3, -0.25) is 0 Å². The summed E-state index contributed by atoms with van der Waals surface area (Å²) in [5.41, 5.74) is 5.90. The number of halogens is 1. The van der Waals surface area contributed by atoms with Gasteiger partial charge in [-0.05, 0) is 66.0 Å². The zero-order valence-electron chi connectivity index (χ0n) is 17.7.